The molecular weight excluding hydrogens is 188 g/mol. The minimum absolute atomic E-state index is 0.305. The van der Waals surface area contributed by atoms with E-state index >= 15 is 0 Å². The maximum absolute atomic E-state index is 5.83. The van der Waals surface area contributed by atoms with Gasteiger partial charge in [-0.05, 0) is 17.6 Å². The summed E-state index contributed by atoms with van der Waals surface area (Å²) in [6.45, 7) is 11.2. The Bertz CT molecular complexity index is 124. The van der Waals surface area contributed by atoms with Crippen LogP contribution >= 0.6 is 23.4 Å². The molecule has 0 spiro atoms. The Morgan fingerprint density at radius 1 is 1.08 bits per heavy atom. The molecule has 0 radical (unpaired) electrons. The van der Waals surface area contributed by atoms with E-state index in [0.29, 0.717) is 10.2 Å². The third-order valence-corrected chi connectivity index (χ3v) is 3.67. The van der Waals surface area contributed by atoms with E-state index in [1.54, 1.807) is 0 Å². The van der Waals surface area contributed by atoms with Gasteiger partial charge in [-0.1, -0.05) is 34.6 Å². The van der Waals surface area contributed by atoms with Crippen LogP contribution in [-0.2, 0) is 0 Å². The van der Waals surface area contributed by atoms with Gasteiger partial charge in [0.1, 0.15) is 0 Å². The Kier molecular flexibility index (Phi) is 5.01. The zero-order valence-corrected chi connectivity index (χ0v) is 10.5. The van der Waals surface area contributed by atoms with Gasteiger partial charge in [0.15, 0.2) is 0 Å². The van der Waals surface area contributed by atoms with E-state index in [0.717, 1.165) is 5.88 Å². The van der Waals surface area contributed by atoms with E-state index in [1.807, 2.05) is 11.8 Å². The zero-order chi connectivity index (χ0) is 9.83. The molecule has 0 unspecified atom stereocenters. The van der Waals surface area contributed by atoms with E-state index in [9.17, 15) is 0 Å². The molecule has 0 rings (SSSR count). The molecule has 0 fully saturated rings. The second-order valence-electron chi connectivity index (χ2n) is 5.01. The van der Waals surface area contributed by atoms with E-state index in [1.165, 1.54) is 12.2 Å². The maximum atomic E-state index is 5.83. The zero-order valence-electron chi connectivity index (χ0n) is 8.91. The third-order valence-electron chi connectivity index (χ3n) is 1.68. The van der Waals surface area contributed by atoms with Crippen LogP contribution in [0.2, 0.25) is 0 Å². The minimum atomic E-state index is 0.305. The molecule has 2 heteroatoms. The Labute approximate surface area is 86.5 Å². The average molecular weight is 209 g/mol. The fraction of sp³-hybridized carbons (Fsp3) is 1.00. The lowest BCUT2D eigenvalue weighted by atomic mass is 9.93. The Balaban J connectivity index is 3.57. The van der Waals surface area contributed by atoms with Gasteiger partial charge in [0.25, 0.3) is 0 Å². The standard InChI is InChI=1S/C10H21ClS/c1-9(2,3)12-7-6-10(4,5)8-11/h6-8H2,1-5H3. The summed E-state index contributed by atoms with van der Waals surface area (Å²) in [6, 6.07) is 0. The van der Waals surface area contributed by atoms with Crippen molar-refractivity contribution in [3.05, 3.63) is 0 Å². The van der Waals surface area contributed by atoms with Gasteiger partial charge in [0.2, 0.25) is 0 Å². The molecule has 0 aromatic heterocycles. The number of thioether (sulfide) groups is 1. The summed E-state index contributed by atoms with van der Waals surface area (Å²) in [4.78, 5) is 0. The van der Waals surface area contributed by atoms with Crippen LogP contribution in [0, 0.1) is 5.41 Å². The minimum Gasteiger partial charge on any atom is -0.156 e. The van der Waals surface area contributed by atoms with E-state index in [-0.39, 0.29) is 0 Å². The van der Waals surface area contributed by atoms with Gasteiger partial charge < -0.3 is 0 Å². The first kappa shape index (κ1) is 12.6. The fourth-order valence-electron chi connectivity index (χ4n) is 0.700. The van der Waals surface area contributed by atoms with E-state index in [2.05, 4.69) is 34.6 Å². The number of rotatable bonds is 4. The van der Waals surface area contributed by atoms with Crippen molar-refractivity contribution >= 4 is 23.4 Å². The van der Waals surface area contributed by atoms with Gasteiger partial charge in [-0.15, -0.1) is 11.6 Å². The smallest absolute Gasteiger partial charge is 0.0275 e. The van der Waals surface area contributed by atoms with Crippen molar-refractivity contribution < 1.29 is 0 Å². The van der Waals surface area contributed by atoms with Gasteiger partial charge in [-0.3, -0.25) is 0 Å². The van der Waals surface area contributed by atoms with Crippen LogP contribution in [0.25, 0.3) is 0 Å². The largest absolute Gasteiger partial charge is 0.156 e. The molecule has 0 saturated carbocycles. The van der Waals surface area contributed by atoms with Gasteiger partial charge in [0, 0.05) is 10.6 Å². The summed E-state index contributed by atoms with van der Waals surface area (Å²) < 4.78 is 0.391. The fourth-order valence-corrected chi connectivity index (χ4v) is 2.10. The van der Waals surface area contributed by atoms with Crippen molar-refractivity contribution in [2.24, 2.45) is 5.41 Å². The Morgan fingerprint density at radius 2 is 1.58 bits per heavy atom. The molecule has 0 aliphatic rings. The average Bonchev–Trinajstić information content (AvgIpc) is 1.84. The van der Waals surface area contributed by atoms with Crippen LogP contribution in [0.4, 0.5) is 0 Å². The van der Waals surface area contributed by atoms with Gasteiger partial charge in [0.05, 0.1) is 0 Å². The van der Waals surface area contributed by atoms with Crippen molar-refractivity contribution in [1.29, 1.82) is 0 Å². The van der Waals surface area contributed by atoms with Gasteiger partial charge in [-0.2, -0.15) is 11.8 Å². The van der Waals surface area contributed by atoms with Crippen LogP contribution in [0.15, 0.2) is 0 Å². The predicted octanol–water partition coefficient (Wildman–Crippen LogP) is 4.17. The lowest BCUT2D eigenvalue weighted by molar-refractivity contribution is 0.408. The van der Waals surface area contributed by atoms with Crippen molar-refractivity contribution in [2.75, 3.05) is 11.6 Å². The van der Waals surface area contributed by atoms with Crippen LogP contribution in [0.1, 0.15) is 41.0 Å². The summed E-state index contributed by atoms with van der Waals surface area (Å²) in [5.74, 6) is 1.97. The second kappa shape index (κ2) is 4.76. The third kappa shape index (κ3) is 7.30. The molecular formula is C10H21ClS. The number of alkyl halides is 1. The molecule has 0 atom stereocenters. The summed E-state index contributed by atoms with van der Waals surface area (Å²) in [6.07, 6.45) is 1.21. The predicted molar refractivity (Wildman–Crippen MR) is 61.3 cm³/mol. The highest BCUT2D eigenvalue weighted by atomic mass is 35.5. The normalized spacial score (nSPS) is 13.5. The molecule has 0 saturated heterocycles. The molecule has 12 heavy (non-hydrogen) atoms. The summed E-state index contributed by atoms with van der Waals surface area (Å²) in [7, 11) is 0. The molecule has 0 aromatic rings. The number of hydrogen-bond acceptors (Lipinski definition) is 1. The quantitative estimate of drug-likeness (QED) is 0.625. The van der Waals surface area contributed by atoms with Crippen molar-refractivity contribution in [2.45, 2.75) is 45.8 Å². The van der Waals surface area contributed by atoms with Gasteiger partial charge >= 0.3 is 0 Å². The van der Waals surface area contributed by atoms with Crippen molar-refractivity contribution in [3.8, 4) is 0 Å². The lowest BCUT2D eigenvalue weighted by Crippen LogP contribution is -2.16. The first-order chi connectivity index (χ1) is 5.27. The molecule has 74 valence electrons. The highest BCUT2D eigenvalue weighted by Gasteiger charge is 2.18. The highest BCUT2D eigenvalue weighted by molar-refractivity contribution is 8.00. The molecule has 0 aliphatic heterocycles. The molecule has 0 amide bonds. The van der Waals surface area contributed by atoms with Crippen LogP contribution < -0.4 is 0 Å². The Morgan fingerprint density at radius 3 is 1.92 bits per heavy atom. The van der Waals surface area contributed by atoms with Crippen LogP contribution in [0.3, 0.4) is 0 Å². The monoisotopic (exact) mass is 208 g/mol. The summed E-state index contributed by atoms with van der Waals surface area (Å²) in [5, 5.41) is 0. The highest BCUT2D eigenvalue weighted by Crippen LogP contribution is 2.29. The number of hydrogen-bond donors (Lipinski definition) is 0. The Hall–Kier alpha value is 0.640. The van der Waals surface area contributed by atoms with Crippen LogP contribution in [-0.4, -0.2) is 16.4 Å². The summed E-state index contributed by atoms with van der Waals surface area (Å²) >= 11 is 7.85. The van der Waals surface area contributed by atoms with Gasteiger partial charge in [-0.25, -0.2) is 0 Å². The SMILES string of the molecule is CC(C)(CCl)CCSC(C)(C)C. The van der Waals surface area contributed by atoms with Crippen molar-refractivity contribution in [1.82, 2.24) is 0 Å². The van der Waals surface area contributed by atoms with Crippen LogP contribution in [0.5, 0.6) is 0 Å². The first-order valence-corrected chi connectivity index (χ1v) is 5.99. The molecule has 0 N–H and O–H groups in total. The first-order valence-electron chi connectivity index (χ1n) is 4.47. The summed E-state index contributed by atoms with van der Waals surface area (Å²) in [5.41, 5.74) is 0.305. The molecule has 0 nitrogen and oxygen atoms in total. The van der Waals surface area contributed by atoms with E-state index < -0.39 is 0 Å². The topological polar surface area (TPSA) is 0 Å². The molecule has 0 aliphatic carbocycles. The number of halogens is 1. The van der Waals surface area contributed by atoms with E-state index in [4.69, 9.17) is 11.6 Å². The second-order valence-corrected chi connectivity index (χ2v) is 7.20. The molecule has 0 bridgehead atoms. The lowest BCUT2D eigenvalue weighted by Gasteiger charge is -2.24. The maximum Gasteiger partial charge on any atom is 0.0275 e. The van der Waals surface area contributed by atoms with Crippen molar-refractivity contribution in [3.63, 3.8) is 0 Å². The molecule has 0 heterocycles. The molecule has 0 aromatic carbocycles.